The molecule has 1 amide bonds. The van der Waals surface area contributed by atoms with Gasteiger partial charge in [-0.2, -0.15) is 8.42 Å². The molecule has 1 N–H and O–H groups in total. The van der Waals surface area contributed by atoms with Gasteiger partial charge in [-0.15, -0.1) is 0 Å². The number of nitrogens with zero attached hydrogens (tertiary/aromatic N) is 1. The van der Waals surface area contributed by atoms with Gasteiger partial charge in [0.05, 0.1) is 12.2 Å². The van der Waals surface area contributed by atoms with Gasteiger partial charge in [-0.05, 0) is 117 Å². The first-order chi connectivity index (χ1) is 17.5. The Morgan fingerprint density at radius 3 is 2.38 bits per heavy atom. The van der Waals surface area contributed by atoms with Gasteiger partial charge in [-0.1, -0.05) is 20.8 Å². The molecular weight excluding hydrogens is 490 g/mol. The first-order valence-electron chi connectivity index (χ1n) is 14.9. The standard InChI is InChI=1S/C29H49NO6S/c1-19(7-10-26(31)30-15-5-6-16-30)22-8-9-23-27-24(12-14-29(22,23)3)28(2)13-11-21(35-4)17-20(28)18-25(27)36-37(32,33)34/h19-25,27H,5-18H2,1-4H3,(H,32,33,34)/t19-,20+,21-,22-,23+,24+,25+,27+,28+,29-/m1/s1. The first-order valence-corrected chi connectivity index (χ1v) is 16.3. The Kier molecular flexibility index (Phi) is 7.80. The van der Waals surface area contributed by atoms with Crippen LogP contribution in [0.25, 0.3) is 0 Å². The van der Waals surface area contributed by atoms with Gasteiger partial charge in [0.15, 0.2) is 0 Å². The highest BCUT2D eigenvalue weighted by atomic mass is 32.3. The highest BCUT2D eigenvalue weighted by molar-refractivity contribution is 7.80. The SMILES string of the molecule is CO[C@@H]1CC[C@@]2(C)[C@@H](C1)C[C@H](OS(=O)(=O)O)[C@@H]1[C@@H]2CC[C@]2(C)[C@@H]([C@H](C)CCC(=O)N3CCCC3)CC[C@@H]12. The summed E-state index contributed by atoms with van der Waals surface area (Å²) < 4.78 is 45.0. The van der Waals surface area contributed by atoms with Crippen LogP contribution in [0.5, 0.6) is 0 Å². The molecule has 5 aliphatic rings. The van der Waals surface area contributed by atoms with E-state index in [0.29, 0.717) is 48.3 Å². The van der Waals surface area contributed by atoms with Crippen LogP contribution in [0.2, 0.25) is 0 Å². The molecule has 4 aliphatic carbocycles. The summed E-state index contributed by atoms with van der Waals surface area (Å²) in [5.41, 5.74) is 0.275. The quantitative estimate of drug-likeness (QED) is 0.430. The average molecular weight is 540 g/mol. The van der Waals surface area contributed by atoms with Crippen molar-refractivity contribution < 1.29 is 26.7 Å². The van der Waals surface area contributed by atoms with Crippen LogP contribution in [0.1, 0.15) is 97.8 Å². The maximum Gasteiger partial charge on any atom is 0.397 e. The molecule has 1 aliphatic heterocycles. The van der Waals surface area contributed by atoms with Gasteiger partial charge in [0.2, 0.25) is 5.91 Å². The normalized spacial score (nSPS) is 44.7. The molecule has 0 spiro atoms. The Labute approximate surface area is 224 Å². The summed E-state index contributed by atoms with van der Waals surface area (Å²) in [6.45, 7) is 9.04. The summed E-state index contributed by atoms with van der Waals surface area (Å²) in [5.74, 6) is 2.58. The van der Waals surface area contributed by atoms with Crippen LogP contribution in [0, 0.1) is 46.3 Å². The zero-order chi connectivity index (χ0) is 26.6. The van der Waals surface area contributed by atoms with Crippen molar-refractivity contribution in [2.75, 3.05) is 20.2 Å². The topological polar surface area (TPSA) is 93.1 Å². The van der Waals surface area contributed by atoms with E-state index in [0.717, 1.165) is 77.3 Å². The molecule has 5 rings (SSSR count). The zero-order valence-corrected chi connectivity index (χ0v) is 24.2. The number of fused-ring (bicyclic) bond motifs is 5. The van der Waals surface area contributed by atoms with Crippen LogP contribution in [-0.4, -0.2) is 56.2 Å². The lowest BCUT2D eigenvalue weighted by Gasteiger charge is -2.62. The molecule has 4 saturated carbocycles. The molecule has 0 aromatic carbocycles. The molecule has 1 saturated heterocycles. The monoisotopic (exact) mass is 539 g/mol. The van der Waals surface area contributed by atoms with Gasteiger partial charge in [0.25, 0.3) is 0 Å². The summed E-state index contributed by atoms with van der Waals surface area (Å²) in [6.07, 6.45) is 11.8. The third-order valence-corrected chi connectivity index (χ3v) is 12.7. The van der Waals surface area contributed by atoms with E-state index in [2.05, 4.69) is 20.8 Å². The van der Waals surface area contributed by atoms with Crippen LogP contribution in [0.4, 0.5) is 0 Å². The second-order valence-electron chi connectivity index (χ2n) is 13.8. The number of rotatable bonds is 7. The summed E-state index contributed by atoms with van der Waals surface area (Å²) in [7, 11) is -2.76. The van der Waals surface area contributed by atoms with Crippen LogP contribution in [0.15, 0.2) is 0 Å². The molecule has 8 heteroatoms. The lowest BCUT2D eigenvalue weighted by molar-refractivity contribution is -0.170. The number of carbonyl (C=O) groups is 1. The van der Waals surface area contributed by atoms with Gasteiger partial charge in [0.1, 0.15) is 0 Å². The van der Waals surface area contributed by atoms with Crippen molar-refractivity contribution in [2.45, 2.75) is 110 Å². The fourth-order valence-corrected chi connectivity index (χ4v) is 10.8. The minimum atomic E-state index is -4.53. The predicted molar refractivity (Wildman–Crippen MR) is 142 cm³/mol. The van der Waals surface area contributed by atoms with Gasteiger partial charge < -0.3 is 9.64 Å². The maximum atomic E-state index is 12.7. The van der Waals surface area contributed by atoms with Gasteiger partial charge >= 0.3 is 10.4 Å². The maximum absolute atomic E-state index is 12.7. The van der Waals surface area contributed by atoms with E-state index in [1.54, 1.807) is 7.11 Å². The molecule has 212 valence electrons. The fourth-order valence-electron chi connectivity index (χ4n) is 10.3. The lowest BCUT2D eigenvalue weighted by Crippen LogP contribution is -2.59. The molecular formula is C29H49NO6S. The summed E-state index contributed by atoms with van der Waals surface area (Å²) in [6, 6.07) is 0. The molecule has 0 radical (unpaired) electrons. The Bertz CT molecular complexity index is 950. The second-order valence-corrected chi connectivity index (χ2v) is 14.8. The number of ether oxygens (including phenoxy) is 1. The summed E-state index contributed by atoms with van der Waals surface area (Å²) in [4.78, 5) is 14.8. The van der Waals surface area contributed by atoms with Crippen molar-refractivity contribution >= 4 is 16.3 Å². The van der Waals surface area contributed by atoms with Gasteiger partial charge in [0, 0.05) is 26.6 Å². The first kappa shape index (κ1) is 27.9. The number of carbonyl (C=O) groups excluding carboxylic acids is 1. The largest absolute Gasteiger partial charge is 0.397 e. The smallest absolute Gasteiger partial charge is 0.381 e. The lowest BCUT2D eigenvalue weighted by atomic mass is 9.43. The third kappa shape index (κ3) is 5.14. The Hall–Kier alpha value is -0.700. The number of hydrogen-bond donors (Lipinski definition) is 1. The van der Waals surface area contributed by atoms with E-state index in [9.17, 15) is 17.8 Å². The molecule has 0 bridgehead atoms. The Morgan fingerprint density at radius 1 is 1.03 bits per heavy atom. The number of methoxy groups -OCH3 is 1. The van der Waals surface area contributed by atoms with E-state index in [4.69, 9.17) is 8.92 Å². The van der Waals surface area contributed by atoms with Gasteiger partial charge in [-0.3, -0.25) is 9.35 Å². The van der Waals surface area contributed by atoms with E-state index < -0.39 is 16.5 Å². The molecule has 0 aromatic rings. The van der Waals surface area contributed by atoms with Crippen molar-refractivity contribution in [1.82, 2.24) is 4.90 Å². The highest BCUT2D eigenvalue weighted by Gasteiger charge is 2.63. The van der Waals surface area contributed by atoms with Gasteiger partial charge in [-0.25, -0.2) is 4.18 Å². The molecule has 37 heavy (non-hydrogen) atoms. The third-order valence-electron chi connectivity index (χ3n) is 12.2. The van der Waals surface area contributed by atoms with Crippen molar-refractivity contribution in [3.05, 3.63) is 0 Å². The highest BCUT2D eigenvalue weighted by Crippen LogP contribution is 2.69. The molecule has 1 heterocycles. The number of likely N-dealkylation sites (tertiary alicyclic amines) is 1. The Balaban J connectivity index is 1.35. The van der Waals surface area contributed by atoms with Crippen molar-refractivity contribution in [3.8, 4) is 0 Å². The van der Waals surface area contributed by atoms with E-state index >= 15 is 0 Å². The number of amides is 1. The minimum absolute atomic E-state index is 0.116. The minimum Gasteiger partial charge on any atom is -0.381 e. The average Bonchev–Trinajstić information content (AvgIpc) is 3.49. The Morgan fingerprint density at radius 2 is 1.70 bits per heavy atom. The summed E-state index contributed by atoms with van der Waals surface area (Å²) >= 11 is 0. The molecule has 5 fully saturated rings. The van der Waals surface area contributed by atoms with Crippen LogP contribution >= 0.6 is 0 Å². The number of hydrogen-bond acceptors (Lipinski definition) is 5. The van der Waals surface area contributed by atoms with Crippen molar-refractivity contribution in [1.29, 1.82) is 0 Å². The molecule has 0 unspecified atom stereocenters. The van der Waals surface area contributed by atoms with Crippen LogP contribution < -0.4 is 0 Å². The molecule has 0 aromatic heterocycles. The molecule has 7 nitrogen and oxygen atoms in total. The second kappa shape index (κ2) is 10.4. The molecule has 10 atom stereocenters. The summed E-state index contributed by atoms with van der Waals surface area (Å²) in [5, 5.41) is 0. The van der Waals surface area contributed by atoms with Crippen LogP contribution in [-0.2, 0) is 24.1 Å². The zero-order valence-electron chi connectivity index (χ0n) is 23.4. The van der Waals surface area contributed by atoms with Crippen LogP contribution in [0.3, 0.4) is 0 Å². The predicted octanol–water partition coefficient (Wildman–Crippen LogP) is 5.50. The van der Waals surface area contributed by atoms with E-state index in [1.807, 2.05) is 4.90 Å². The van der Waals surface area contributed by atoms with Crippen molar-refractivity contribution in [2.24, 2.45) is 46.3 Å². The van der Waals surface area contributed by atoms with E-state index in [1.165, 1.54) is 0 Å². The van der Waals surface area contributed by atoms with E-state index in [-0.39, 0.29) is 22.9 Å². The fraction of sp³-hybridized carbons (Fsp3) is 0.966. The van der Waals surface area contributed by atoms with Crippen molar-refractivity contribution in [3.63, 3.8) is 0 Å².